The minimum atomic E-state index is -3.66. The van der Waals surface area contributed by atoms with Gasteiger partial charge in [0, 0.05) is 5.41 Å². The Bertz CT molecular complexity index is 303. The summed E-state index contributed by atoms with van der Waals surface area (Å²) < 4.78 is 26.1. The summed E-state index contributed by atoms with van der Waals surface area (Å²) in [5.41, 5.74) is 4.76. The Hall–Kier alpha value is -0.420. The van der Waals surface area contributed by atoms with Crippen molar-refractivity contribution in [3.05, 3.63) is 0 Å². The lowest BCUT2D eigenvalue weighted by atomic mass is 9.90. The van der Waals surface area contributed by atoms with E-state index in [-0.39, 0.29) is 13.2 Å². The molecule has 0 aliphatic carbocycles. The van der Waals surface area contributed by atoms with E-state index in [2.05, 4.69) is 0 Å². The summed E-state index contributed by atoms with van der Waals surface area (Å²) in [6, 6.07) is 0. The molecule has 2 atom stereocenters. The van der Waals surface area contributed by atoms with Crippen LogP contribution in [0, 0.1) is 5.41 Å². The van der Waals surface area contributed by atoms with E-state index in [1.165, 1.54) is 0 Å². The minimum absolute atomic E-state index is 0.163. The summed E-state index contributed by atoms with van der Waals surface area (Å²) in [7, 11) is -3.66. The quantitative estimate of drug-likeness (QED) is 0.581. The van der Waals surface area contributed by atoms with Gasteiger partial charge in [-0.05, 0) is 6.92 Å². The third-order valence-corrected chi connectivity index (χ3v) is 3.19. The maximum atomic E-state index is 11.5. The van der Waals surface area contributed by atoms with E-state index in [0.717, 1.165) is 0 Å². The van der Waals surface area contributed by atoms with Crippen LogP contribution in [-0.4, -0.2) is 25.3 Å². The van der Waals surface area contributed by atoms with Crippen molar-refractivity contribution in [3.8, 4) is 0 Å². The van der Waals surface area contributed by atoms with E-state index < -0.39 is 25.2 Å². The van der Waals surface area contributed by atoms with Crippen molar-refractivity contribution in [2.75, 3.05) is 13.2 Å². The number of ether oxygens (including phenoxy) is 1. The SMILES string of the molecule is CCOP(N)(=O)O[C@H]1C(=O)OCC1(C)C. The van der Waals surface area contributed by atoms with Gasteiger partial charge >= 0.3 is 13.7 Å². The van der Waals surface area contributed by atoms with Crippen LogP contribution >= 0.6 is 7.75 Å². The first-order valence-electron chi connectivity index (χ1n) is 4.67. The van der Waals surface area contributed by atoms with Gasteiger partial charge in [-0.1, -0.05) is 13.8 Å². The molecule has 0 bridgehead atoms. The molecule has 1 aliphatic heterocycles. The Kier molecular flexibility index (Phi) is 3.55. The van der Waals surface area contributed by atoms with E-state index in [1.54, 1.807) is 20.8 Å². The van der Waals surface area contributed by atoms with Gasteiger partial charge in [0.15, 0.2) is 6.10 Å². The Morgan fingerprint density at radius 3 is 2.67 bits per heavy atom. The van der Waals surface area contributed by atoms with Crippen LogP contribution in [0.3, 0.4) is 0 Å². The van der Waals surface area contributed by atoms with Crippen molar-refractivity contribution in [2.45, 2.75) is 26.9 Å². The highest BCUT2D eigenvalue weighted by molar-refractivity contribution is 7.51. The standard InChI is InChI=1S/C8H16NO5P/c1-4-13-15(9,11)14-6-7(10)12-5-8(6,2)3/h6H,4-5H2,1-3H3,(H2,9,11)/t6-,15?/m0/s1. The summed E-state index contributed by atoms with van der Waals surface area (Å²) >= 11 is 0. The van der Waals surface area contributed by atoms with Crippen LogP contribution in [0.2, 0.25) is 0 Å². The lowest BCUT2D eigenvalue weighted by molar-refractivity contribution is -0.144. The van der Waals surface area contributed by atoms with Crippen molar-refractivity contribution in [1.82, 2.24) is 0 Å². The van der Waals surface area contributed by atoms with Crippen LogP contribution in [-0.2, 0) is 23.1 Å². The third kappa shape index (κ3) is 3.01. The van der Waals surface area contributed by atoms with Crippen molar-refractivity contribution >= 4 is 13.7 Å². The Balaban J connectivity index is 2.72. The average Bonchev–Trinajstić information content (AvgIpc) is 2.31. The lowest BCUT2D eigenvalue weighted by Gasteiger charge is -2.24. The molecule has 6 nitrogen and oxygen atoms in total. The fourth-order valence-corrected chi connectivity index (χ4v) is 2.36. The first kappa shape index (κ1) is 12.6. The number of rotatable bonds is 4. The molecule has 1 saturated heterocycles. The molecular formula is C8H16NO5P. The van der Waals surface area contributed by atoms with E-state index in [1.807, 2.05) is 0 Å². The molecule has 0 amide bonds. The molecule has 0 aromatic carbocycles. The van der Waals surface area contributed by atoms with Gasteiger partial charge in [-0.25, -0.2) is 14.9 Å². The maximum Gasteiger partial charge on any atom is 0.403 e. The molecule has 1 fully saturated rings. The number of cyclic esters (lactones) is 1. The van der Waals surface area contributed by atoms with Crippen molar-refractivity contribution in [2.24, 2.45) is 10.9 Å². The number of hydrogen-bond donors (Lipinski definition) is 1. The first-order valence-corrected chi connectivity index (χ1v) is 6.28. The Labute approximate surface area is 88.6 Å². The first-order chi connectivity index (χ1) is 6.78. The van der Waals surface area contributed by atoms with Gasteiger partial charge in [0.25, 0.3) is 0 Å². The van der Waals surface area contributed by atoms with Gasteiger partial charge in [-0.15, -0.1) is 0 Å². The van der Waals surface area contributed by atoms with E-state index in [4.69, 9.17) is 19.3 Å². The molecule has 88 valence electrons. The molecule has 0 spiro atoms. The smallest absolute Gasteiger partial charge is 0.403 e. The fraction of sp³-hybridized carbons (Fsp3) is 0.875. The molecule has 0 saturated carbocycles. The van der Waals surface area contributed by atoms with Crippen LogP contribution in [0.5, 0.6) is 0 Å². The summed E-state index contributed by atoms with van der Waals surface area (Å²) in [5.74, 6) is -0.551. The molecule has 0 aromatic heterocycles. The van der Waals surface area contributed by atoms with E-state index in [0.29, 0.717) is 0 Å². The molecule has 1 unspecified atom stereocenters. The van der Waals surface area contributed by atoms with Crippen LogP contribution in [0.4, 0.5) is 0 Å². The molecule has 0 aromatic rings. The van der Waals surface area contributed by atoms with Crippen molar-refractivity contribution in [3.63, 3.8) is 0 Å². The second kappa shape index (κ2) is 4.22. The number of nitrogens with two attached hydrogens (primary N) is 1. The van der Waals surface area contributed by atoms with Gasteiger partial charge in [0.2, 0.25) is 0 Å². The number of hydrogen-bond acceptors (Lipinski definition) is 5. The molecule has 2 N–H and O–H groups in total. The van der Waals surface area contributed by atoms with Gasteiger partial charge in [-0.2, -0.15) is 0 Å². The maximum absolute atomic E-state index is 11.5. The second-order valence-corrected chi connectivity index (χ2v) is 5.59. The highest BCUT2D eigenvalue weighted by Gasteiger charge is 2.47. The molecule has 7 heteroatoms. The molecular weight excluding hydrogens is 221 g/mol. The zero-order valence-corrected chi connectivity index (χ0v) is 9.95. The second-order valence-electron chi connectivity index (χ2n) is 4.04. The van der Waals surface area contributed by atoms with Crippen LogP contribution in [0.1, 0.15) is 20.8 Å². The van der Waals surface area contributed by atoms with Crippen LogP contribution < -0.4 is 5.50 Å². The van der Waals surface area contributed by atoms with Crippen LogP contribution in [0.15, 0.2) is 0 Å². The van der Waals surface area contributed by atoms with E-state index in [9.17, 15) is 9.36 Å². The number of carbonyl (C=O) groups excluding carboxylic acids is 1. The average molecular weight is 237 g/mol. The fourth-order valence-electron chi connectivity index (χ4n) is 1.27. The summed E-state index contributed by atoms with van der Waals surface area (Å²) in [4.78, 5) is 11.3. The highest BCUT2D eigenvalue weighted by Crippen LogP contribution is 2.45. The Morgan fingerprint density at radius 1 is 1.67 bits per heavy atom. The molecule has 1 aliphatic rings. The Morgan fingerprint density at radius 2 is 2.27 bits per heavy atom. The summed E-state index contributed by atoms with van der Waals surface area (Å²) in [6.07, 6.45) is -0.931. The number of carbonyl (C=O) groups is 1. The summed E-state index contributed by atoms with van der Waals surface area (Å²) in [5, 5.41) is 0. The van der Waals surface area contributed by atoms with E-state index >= 15 is 0 Å². The molecule has 0 radical (unpaired) electrons. The van der Waals surface area contributed by atoms with Gasteiger partial charge < -0.3 is 4.74 Å². The third-order valence-electron chi connectivity index (χ3n) is 2.07. The molecule has 1 rings (SSSR count). The normalized spacial score (nSPS) is 28.5. The molecule has 1 heterocycles. The largest absolute Gasteiger partial charge is 0.463 e. The number of esters is 1. The van der Waals surface area contributed by atoms with Crippen molar-refractivity contribution < 1.29 is 23.1 Å². The summed E-state index contributed by atoms with van der Waals surface area (Å²) in [6.45, 7) is 5.57. The highest BCUT2D eigenvalue weighted by atomic mass is 31.2. The molecule has 15 heavy (non-hydrogen) atoms. The van der Waals surface area contributed by atoms with Gasteiger partial charge in [0.05, 0.1) is 13.2 Å². The van der Waals surface area contributed by atoms with Gasteiger partial charge in [-0.3, -0.25) is 9.05 Å². The monoisotopic (exact) mass is 237 g/mol. The zero-order valence-electron chi connectivity index (χ0n) is 9.06. The lowest BCUT2D eigenvalue weighted by Crippen LogP contribution is -2.33. The zero-order chi connectivity index (χ0) is 11.7. The van der Waals surface area contributed by atoms with Gasteiger partial charge in [0.1, 0.15) is 0 Å². The van der Waals surface area contributed by atoms with Crippen LogP contribution in [0.25, 0.3) is 0 Å². The predicted molar refractivity (Wildman–Crippen MR) is 53.0 cm³/mol. The van der Waals surface area contributed by atoms with Crippen molar-refractivity contribution in [1.29, 1.82) is 0 Å². The topological polar surface area (TPSA) is 87.9 Å². The predicted octanol–water partition coefficient (Wildman–Crippen LogP) is 1.06. The minimum Gasteiger partial charge on any atom is -0.463 e.